The van der Waals surface area contributed by atoms with Gasteiger partial charge < -0.3 is 15.4 Å². The number of aromatic nitrogens is 1. The summed E-state index contributed by atoms with van der Waals surface area (Å²) < 4.78 is 0. The molecule has 1 N–H and O–H groups in total. The molecule has 0 aliphatic heterocycles. The van der Waals surface area contributed by atoms with E-state index in [1.165, 1.54) is 37.9 Å². The third-order valence-corrected chi connectivity index (χ3v) is 3.67. The number of nitrogens with one attached hydrogen (secondary N) is 1. The van der Waals surface area contributed by atoms with Gasteiger partial charge in [0.25, 0.3) is 0 Å². The molecule has 5 heteroatoms. The Balaban J connectivity index is 1.81. The summed E-state index contributed by atoms with van der Waals surface area (Å²) in [5, 5.41) is 13.8. The molecule has 0 aromatic carbocycles. The summed E-state index contributed by atoms with van der Waals surface area (Å²) in [4.78, 5) is 13.8. The quantitative estimate of drug-likeness (QED) is 0.657. The Bertz CT molecular complexity index is 397. The van der Waals surface area contributed by atoms with Crippen molar-refractivity contribution in [2.75, 3.05) is 11.9 Å². The molecule has 0 spiro atoms. The Morgan fingerprint density at radius 1 is 1.39 bits per heavy atom. The molecule has 1 saturated carbocycles. The molecule has 1 fully saturated rings. The summed E-state index contributed by atoms with van der Waals surface area (Å²) in [5.74, 6) is 1.48. The minimum absolute atomic E-state index is 0.105. The normalized spacial score (nSPS) is 23.6. The van der Waals surface area contributed by atoms with E-state index in [-0.39, 0.29) is 5.82 Å². The molecule has 0 amide bonds. The minimum Gasteiger partial charge on any atom is -0.382 e. The predicted octanol–water partition coefficient (Wildman–Crippen LogP) is 3.23. The van der Waals surface area contributed by atoms with Crippen LogP contribution in [0.25, 0.3) is 0 Å². The molecule has 18 heavy (non-hydrogen) atoms. The Morgan fingerprint density at radius 2 is 2.11 bits per heavy atom. The Hall–Kier alpha value is -1.65. The van der Waals surface area contributed by atoms with Crippen LogP contribution in [0.1, 0.15) is 32.6 Å². The van der Waals surface area contributed by atoms with E-state index in [2.05, 4.69) is 17.2 Å². The van der Waals surface area contributed by atoms with Gasteiger partial charge in [-0.05, 0) is 40.7 Å². The van der Waals surface area contributed by atoms with Crippen LogP contribution in [0.2, 0.25) is 0 Å². The zero-order valence-electron chi connectivity index (χ0n) is 10.6. The molecule has 1 aliphatic rings. The largest absolute Gasteiger partial charge is 0.382 e. The molecule has 98 valence electrons. The highest BCUT2D eigenvalue weighted by Crippen LogP contribution is 2.28. The van der Waals surface area contributed by atoms with Crippen LogP contribution in [0.3, 0.4) is 0 Å². The van der Waals surface area contributed by atoms with Crippen molar-refractivity contribution < 1.29 is 4.92 Å². The fraction of sp³-hybridized carbons (Fsp3) is 0.615. The van der Waals surface area contributed by atoms with E-state index in [0.29, 0.717) is 0 Å². The zero-order valence-corrected chi connectivity index (χ0v) is 10.6. The number of nitrogens with zero attached hydrogens (tertiary/aromatic N) is 2. The Labute approximate surface area is 107 Å². The lowest BCUT2D eigenvalue weighted by molar-refractivity contribution is -0.389. The van der Waals surface area contributed by atoms with Crippen LogP contribution in [0, 0.1) is 22.0 Å². The summed E-state index contributed by atoms with van der Waals surface area (Å²) in [7, 11) is 0. The van der Waals surface area contributed by atoms with Gasteiger partial charge >= 0.3 is 5.82 Å². The first-order valence-electron chi connectivity index (χ1n) is 6.49. The van der Waals surface area contributed by atoms with Gasteiger partial charge in [0, 0.05) is 12.6 Å². The highest BCUT2D eigenvalue weighted by molar-refractivity contribution is 5.43. The van der Waals surface area contributed by atoms with Gasteiger partial charge in [-0.3, -0.25) is 0 Å². The number of pyridine rings is 1. The summed E-state index contributed by atoms with van der Waals surface area (Å²) in [5.41, 5.74) is 0.860. The summed E-state index contributed by atoms with van der Waals surface area (Å²) in [6.45, 7) is 3.25. The lowest BCUT2D eigenvalue weighted by atomic mass is 9.83. The number of hydrogen-bond acceptors (Lipinski definition) is 4. The van der Waals surface area contributed by atoms with Gasteiger partial charge in [-0.1, -0.05) is 19.8 Å². The smallest absolute Gasteiger partial charge is 0.363 e. The average Bonchev–Trinajstić information content (AvgIpc) is 2.38. The van der Waals surface area contributed by atoms with Gasteiger partial charge in [-0.15, -0.1) is 0 Å². The third kappa shape index (κ3) is 3.42. The summed E-state index contributed by atoms with van der Waals surface area (Å²) in [6, 6.07) is 3.15. The Morgan fingerprint density at radius 3 is 2.67 bits per heavy atom. The van der Waals surface area contributed by atoms with Gasteiger partial charge in [0.1, 0.15) is 0 Å². The van der Waals surface area contributed by atoms with E-state index >= 15 is 0 Å². The molecule has 0 atom stereocenters. The fourth-order valence-electron chi connectivity index (χ4n) is 2.39. The summed E-state index contributed by atoms with van der Waals surface area (Å²) >= 11 is 0. The molecule has 0 bridgehead atoms. The SMILES string of the molecule is CC1CCC(CNc2ccc([N+](=O)[O-])nc2)CC1. The van der Waals surface area contributed by atoms with E-state index in [1.54, 1.807) is 6.07 Å². The second-order valence-electron chi connectivity index (χ2n) is 5.17. The Kier molecular flexibility index (Phi) is 4.12. The zero-order chi connectivity index (χ0) is 13.0. The number of anilines is 1. The fourth-order valence-corrected chi connectivity index (χ4v) is 2.39. The van der Waals surface area contributed by atoms with Gasteiger partial charge in [-0.2, -0.15) is 0 Å². The maximum atomic E-state index is 10.5. The van der Waals surface area contributed by atoms with Crippen molar-refractivity contribution in [2.24, 2.45) is 11.8 Å². The van der Waals surface area contributed by atoms with Crippen LogP contribution in [0.5, 0.6) is 0 Å². The minimum atomic E-state index is -0.480. The molecule has 1 aliphatic carbocycles. The molecule has 1 aromatic rings. The van der Waals surface area contributed by atoms with E-state index in [1.807, 2.05) is 0 Å². The third-order valence-electron chi connectivity index (χ3n) is 3.67. The van der Waals surface area contributed by atoms with Crippen molar-refractivity contribution >= 4 is 11.5 Å². The number of hydrogen-bond donors (Lipinski definition) is 1. The van der Waals surface area contributed by atoms with Crippen molar-refractivity contribution in [1.82, 2.24) is 4.98 Å². The first-order valence-corrected chi connectivity index (χ1v) is 6.49. The highest BCUT2D eigenvalue weighted by Gasteiger charge is 2.18. The second-order valence-corrected chi connectivity index (χ2v) is 5.17. The van der Waals surface area contributed by atoms with Crippen molar-refractivity contribution in [3.05, 3.63) is 28.4 Å². The molecule has 1 heterocycles. The van der Waals surface area contributed by atoms with Gasteiger partial charge in [-0.25, -0.2) is 0 Å². The maximum absolute atomic E-state index is 10.5. The first-order chi connectivity index (χ1) is 8.65. The summed E-state index contributed by atoms with van der Waals surface area (Å²) in [6.07, 6.45) is 6.70. The molecule has 0 radical (unpaired) electrons. The molecular weight excluding hydrogens is 230 g/mol. The number of rotatable bonds is 4. The molecular formula is C13H19N3O2. The van der Waals surface area contributed by atoms with Crippen molar-refractivity contribution in [3.8, 4) is 0 Å². The first kappa shape index (κ1) is 12.8. The van der Waals surface area contributed by atoms with E-state index in [9.17, 15) is 10.1 Å². The predicted molar refractivity (Wildman–Crippen MR) is 70.5 cm³/mol. The van der Waals surface area contributed by atoms with Crippen LogP contribution in [0.15, 0.2) is 18.3 Å². The highest BCUT2D eigenvalue weighted by atomic mass is 16.6. The van der Waals surface area contributed by atoms with Crippen LogP contribution in [0.4, 0.5) is 11.5 Å². The molecule has 1 aromatic heterocycles. The monoisotopic (exact) mass is 249 g/mol. The lowest BCUT2D eigenvalue weighted by Gasteiger charge is -2.26. The molecule has 2 rings (SSSR count). The molecule has 0 unspecified atom stereocenters. The van der Waals surface area contributed by atoms with Gasteiger partial charge in [0.2, 0.25) is 0 Å². The average molecular weight is 249 g/mol. The van der Waals surface area contributed by atoms with Crippen LogP contribution >= 0.6 is 0 Å². The van der Waals surface area contributed by atoms with Crippen LogP contribution < -0.4 is 5.32 Å². The van der Waals surface area contributed by atoms with E-state index in [4.69, 9.17) is 0 Å². The topological polar surface area (TPSA) is 68.1 Å². The molecule has 5 nitrogen and oxygen atoms in total. The van der Waals surface area contributed by atoms with Crippen LogP contribution in [-0.4, -0.2) is 16.5 Å². The molecule has 0 saturated heterocycles. The van der Waals surface area contributed by atoms with E-state index < -0.39 is 4.92 Å². The van der Waals surface area contributed by atoms with Crippen molar-refractivity contribution in [2.45, 2.75) is 32.6 Å². The standard InChI is InChI=1S/C13H19N3O2/c1-10-2-4-11(5-3-10)8-14-12-6-7-13(15-9-12)16(17)18/h6-7,9-11,14H,2-5,8H2,1H3. The van der Waals surface area contributed by atoms with E-state index in [0.717, 1.165) is 24.1 Å². The van der Waals surface area contributed by atoms with Gasteiger partial charge in [0.05, 0.1) is 5.69 Å². The second kappa shape index (κ2) is 5.80. The van der Waals surface area contributed by atoms with Crippen LogP contribution in [-0.2, 0) is 0 Å². The van der Waals surface area contributed by atoms with Crippen molar-refractivity contribution in [3.63, 3.8) is 0 Å². The van der Waals surface area contributed by atoms with Crippen molar-refractivity contribution in [1.29, 1.82) is 0 Å². The van der Waals surface area contributed by atoms with Gasteiger partial charge in [0.15, 0.2) is 6.20 Å². The maximum Gasteiger partial charge on any atom is 0.363 e. The number of nitro groups is 1. The lowest BCUT2D eigenvalue weighted by Crippen LogP contribution is -2.20.